The third kappa shape index (κ3) is 1.87. The fourth-order valence-corrected chi connectivity index (χ4v) is 3.61. The van der Waals surface area contributed by atoms with Crippen molar-refractivity contribution >= 4 is 38.3 Å². The van der Waals surface area contributed by atoms with Crippen LogP contribution < -0.4 is 9.47 Å². The predicted octanol–water partition coefficient (Wildman–Crippen LogP) is 2.83. The molecule has 3 nitrogen and oxygen atoms in total. The van der Waals surface area contributed by atoms with Crippen molar-refractivity contribution in [3.63, 3.8) is 0 Å². The topological polar surface area (TPSA) is 24.2 Å². The minimum absolute atomic E-state index is 0.116. The molecule has 0 atom stereocenters. The van der Waals surface area contributed by atoms with Crippen LogP contribution in [-0.4, -0.2) is 12.5 Å². The molecule has 0 fully saturated rings. The van der Waals surface area contributed by atoms with Gasteiger partial charge in [-0.05, 0) is 24.3 Å². The number of anilines is 1. The quantitative estimate of drug-likeness (QED) is 0.740. The molecule has 0 radical (unpaired) electrons. The van der Waals surface area contributed by atoms with Crippen LogP contribution >= 0.6 is 27.3 Å². The molecular formula is C13H12BrN2OS+. The predicted molar refractivity (Wildman–Crippen MR) is 75.7 cm³/mol. The monoisotopic (exact) mass is 323 g/mol. The highest BCUT2D eigenvalue weighted by Crippen LogP contribution is 2.29. The highest BCUT2D eigenvalue weighted by atomic mass is 79.9. The molecule has 0 unspecified atom stereocenters. The molecule has 1 aliphatic heterocycles. The number of aromatic nitrogens is 1. The van der Waals surface area contributed by atoms with Crippen LogP contribution in [0.4, 0.5) is 5.13 Å². The molecule has 5 heteroatoms. The Hall–Kier alpha value is -1.20. The average molecular weight is 324 g/mol. The van der Waals surface area contributed by atoms with Crippen LogP contribution in [0.25, 0.3) is 11.3 Å². The molecule has 0 saturated carbocycles. The highest BCUT2D eigenvalue weighted by Gasteiger charge is 2.35. The van der Waals surface area contributed by atoms with Gasteiger partial charge in [0.2, 0.25) is 0 Å². The Morgan fingerprint density at radius 3 is 2.78 bits per heavy atom. The molecule has 92 valence electrons. The zero-order chi connectivity index (χ0) is 12.7. The molecule has 2 aromatic rings. The number of benzene rings is 1. The smallest absolute Gasteiger partial charge is 0.247 e. The zero-order valence-corrected chi connectivity index (χ0v) is 12.3. The van der Waals surface area contributed by atoms with Crippen molar-refractivity contribution in [3.05, 3.63) is 34.1 Å². The first kappa shape index (κ1) is 11.9. The summed E-state index contributed by atoms with van der Waals surface area (Å²) in [4.78, 5) is 13.4. The largest absolute Gasteiger partial charge is 0.344 e. The molecule has 1 amide bonds. The number of thiazole rings is 1. The summed E-state index contributed by atoms with van der Waals surface area (Å²) >= 11 is 5.07. The molecule has 0 N–H and O–H groups in total. The van der Waals surface area contributed by atoms with E-state index in [0.717, 1.165) is 22.7 Å². The first-order valence-electron chi connectivity index (χ1n) is 5.72. The second-order valence-corrected chi connectivity index (χ2v) is 5.98. The van der Waals surface area contributed by atoms with E-state index in [4.69, 9.17) is 0 Å². The number of carbonyl (C=O) groups is 1. The van der Waals surface area contributed by atoms with Gasteiger partial charge in [-0.3, -0.25) is 0 Å². The van der Waals surface area contributed by atoms with E-state index in [-0.39, 0.29) is 5.91 Å². The van der Waals surface area contributed by atoms with Gasteiger partial charge in [0.25, 0.3) is 0 Å². The number of hydrogen-bond acceptors (Lipinski definition) is 2. The molecule has 0 spiro atoms. The average Bonchev–Trinajstić information content (AvgIpc) is 2.90. The summed E-state index contributed by atoms with van der Waals surface area (Å²) in [6.07, 6.45) is 0. The summed E-state index contributed by atoms with van der Waals surface area (Å²) in [5, 5.41) is 3.16. The molecule has 1 aromatic heterocycles. The van der Waals surface area contributed by atoms with E-state index in [0.29, 0.717) is 0 Å². The molecule has 1 aromatic carbocycles. The van der Waals surface area contributed by atoms with Crippen molar-refractivity contribution in [2.45, 2.75) is 13.5 Å². The van der Waals surface area contributed by atoms with Gasteiger partial charge in [-0.25, -0.2) is 9.36 Å². The number of hydrogen-bond donors (Lipinski definition) is 0. The SMILES string of the molecule is CC(=O)N1CC[n+]2c(-c3ccc(Br)cc3)csc21. The Morgan fingerprint density at radius 1 is 1.39 bits per heavy atom. The number of rotatable bonds is 1. The minimum Gasteiger partial charge on any atom is -0.247 e. The van der Waals surface area contributed by atoms with E-state index in [1.54, 1.807) is 18.3 Å². The van der Waals surface area contributed by atoms with Crippen LogP contribution in [0, 0.1) is 0 Å². The lowest BCUT2D eigenvalue weighted by Gasteiger charge is -2.00. The van der Waals surface area contributed by atoms with Gasteiger partial charge in [0.15, 0.2) is 0 Å². The summed E-state index contributed by atoms with van der Waals surface area (Å²) in [6.45, 7) is 3.28. The van der Waals surface area contributed by atoms with Crippen LogP contribution in [-0.2, 0) is 11.3 Å². The third-order valence-corrected chi connectivity index (χ3v) is 4.62. The summed E-state index contributed by atoms with van der Waals surface area (Å²) in [5.41, 5.74) is 2.37. The van der Waals surface area contributed by atoms with E-state index in [9.17, 15) is 4.79 Å². The molecule has 0 aliphatic carbocycles. The summed E-state index contributed by atoms with van der Waals surface area (Å²) in [5.74, 6) is 0.116. The Morgan fingerprint density at radius 2 is 2.11 bits per heavy atom. The lowest BCUT2D eigenvalue weighted by molar-refractivity contribution is -0.655. The fraction of sp³-hybridized carbons (Fsp3) is 0.231. The van der Waals surface area contributed by atoms with Crippen molar-refractivity contribution in [1.82, 2.24) is 0 Å². The Bertz CT molecular complexity index is 606. The molecule has 0 saturated heterocycles. The van der Waals surface area contributed by atoms with Gasteiger partial charge in [0.1, 0.15) is 18.8 Å². The first-order valence-corrected chi connectivity index (χ1v) is 7.39. The zero-order valence-electron chi connectivity index (χ0n) is 9.89. The number of amides is 1. The number of nitrogens with zero attached hydrogens (tertiary/aromatic N) is 2. The van der Waals surface area contributed by atoms with E-state index < -0.39 is 0 Å². The third-order valence-electron chi connectivity index (χ3n) is 3.10. The van der Waals surface area contributed by atoms with E-state index >= 15 is 0 Å². The summed E-state index contributed by atoms with van der Waals surface area (Å²) in [7, 11) is 0. The molecule has 2 heterocycles. The van der Waals surface area contributed by atoms with Crippen LogP contribution in [0.15, 0.2) is 34.1 Å². The molecular weight excluding hydrogens is 312 g/mol. The molecule has 18 heavy (non-hydrogen) atoms. The molecule has 3 rings (SSSR count). The Labute approximate surface area is 118 Å². The molecule has 0 bridgehead atoms. The number of fused-ring (bicyclic) bond motifs is 1. The second-order valence-electron chi connectivity index (χ2n) is 4.23. The van der Waals surface area contributed by atoms with Gasteiger partial charge >= 0.3 is 11.0 Å². The van der Waals surface area contributed by atoms with Crippen molar-refractivity contribution in [2.75, 3.05) is 11.4 Å². The van der Waals surface area contributed by atoms with Crippen LogP contribution in [0.3, 0.4) is 0 Å². The normalized spacial score (nSPS) is 13.8. The van der Waals surface area contributed by atoms with E-state index in [1.165, 1.54) is 11.3 Å². The maximum absolute atomic E-state index is 11.5. The standard InChI is InChI=1S/C13H12BrN2OS/c1-9(17)15-6-7-16-12(8-18-13(15)16)10-2-4-11(14)5-3-10/h2-5,8H,6-7H2,1H3/q+1. The molecule has 1 aliphatic rings. The Kier molecular flexibility index (Phi) is 2.95. The van der Waals surface area contributed by atoms with Crippen LogP contribution in [0.5, 0.6) is 0 Å². The maximum atomic E-state index is 11.5. The van der Waals surface area contributed by atoms with E-state index in [2.05, 4.69) is 38.0 Å². The maximum Gasteiger partial charge on any atom is 0.344 e. The van der Waals surface area contributed by atoms with Crippen LogP contribution in [0.1, 0.15) is 6.92 Å². The van der Waals surface area contributed by atoms with Crippen molar-refractivity contribution in [2.24, 2.45) is 0 Å². The van der Waals surface area contributed by atoms with Crippen molar-refractivity contribution in [1.29, 1.82) is 0 Å². The van der Waals surface area contributed by atoms with Gasteiger partial charge in [-0.15, -0.1) is 0 Å². The van der Waals surface area contributed by atoms with Gasteiger partial charge < -0.3 is 0 Å². The Balaban J connectivity index is 2.04. The van der Waals surface area contributed by atoms with Gasteiger partial charge in [0, 0.05) is 22.3 Å². The van der Waals surface area contributed by atoms with Crippen molar-refractivity contribution < 1.29 is 9.36 Å². The van der Waals surface area contributed by atoms with Gasteiger partial charge in [-0.1, -0.05) is 27.3 Å². The number of carbonyl (C=O) groups excluding carboxylic acids is 1. The van der Waals surface area contributed by atoms with Gasteiger partial charge in [-0.2, -0.15) is 4.90 Å². The van der Waals surface area contributed by atoms with Crippen molar-refractivity contribution in [3.8, 4) is 11.3 Å². The fourth-order valence-electron chi connectivity index (χ4n) is 2.20. The lowest BCUT2D eigenvalue weighted by Crippen LogP contribution is -2.31. The number of halogens is 1. The van der Waals surface area contributed by atoms with E-state index in [1.807, 2.05) is 17.0 Å². The summed E-state index contributed by atoms with van der Waals surface area (Å²) < 4.78 is 3.29. The lowest BCUT2D eigenvalue weighted by atomic mass is 10.2. The minimum atomic E-state index is 0.116. The van der Waals surface area contributed by atoms with Crippen LogP contribution in [0.2, 0.25) is 0 Å². The van der Waals surface area contributed by atoms with Gasteiger partial charge in [0.05, 0.1) is 0 Å². The highest BCUT2D eigenvalue weighted by molar-refractivity contribution is 9.10. The first-order chi connectivity index (χ1) is 8.66. The second kappa shape index (κ2) is 4.48. The summed E-state index contributed by atoms with van der Waals surface area (Å²) in [6, 6.07) is 8.26.